The van der Waals surface area contributed by atoms with Crippen LogP contribution in [0.3, 0.4) is 0 Å². The van der Waals surface area contributed by atoms with Crippen LogP contribution in [0.4, 0.5) is 0 Å². The Hall–Kier alpha value is -1.38. The maximum atomic E-state index is 4.53. The molecule has 3 nitrogen and oxygen atoms in total. The first-order valence-electron chi connectivity index (χ1n) is 4.96. The lowest BCUT2D eigenvalue weighted by Crippen LogP contribution is -1.97. The topological polar surface area (TPSA) is 30.2 Å². The van der Waals surface area contributed by atoms with E-state index in [4.69, 9.17) is 0 Å². The van der Waals surface area contributed by atoms with E-state index >= 15 is 0 Å². The van der Waals surface area contributed by atoms with Crippen LogP contribution in [-0.2, 0) is 6.42 Å². The molecule has 14 heavy (non-hydrogen) atoms. The normalized spacial score (nSPS) is 11.1. The van der Waals surface area contributed by atoms with Crippen molar-refractivity contribution in [2.75, 3.05) is 0 Å². The minimum Gasteiger partial charge on any atom is -0.234 e. The molecule has 0 saturated carbocycles. The molecule has 2 heterocycles. The molecule has 0 fully saturated rings. The maximum absolute atomic E-state index is 4.53. The molecule has 0 saturated heterocycles. The summed E-state index contributed by atoms with van der Waals surface area (Å²) in [6, 6.07) is 2.05. The Bertz CT molecular complexity index is 483. The molecule has 0 bridgehead atoms. The Morgan fingerprint density at radius 1 is 1.29 bits per heavy atom. The predicted molar refractivity (Wildman–Crippen MR) is 56.6 cm³/mol. The van der Waals surface area contributed by atoms with Crippen molar-refractivity contribution in [3.63, 3.8) is 0 Å². The second kappa shape index (κ2) is 3.08. The summed E-state index contributed by atoms with van der Waals surface area (Å²) in [5, 5.41) is 4.53. The molecule has 0 spiro atoms. The molecule has 0 radical (unpaired) electrons. The van der Waals surface area contributed by atoms with Gasteiger partial charge in [0.25, 0.3) is 0 Å². The first-order chi connectivity index (χ1) is 6.63. The molecular weight excluding hydrogens is 174 g/mol. The molecule has 0 amide bonds. The van der Waals surface area contributed by atoms with E-state index in [1.807, 2.05) is 11.4 Å². The number of fused-ring (bicyclic) bond motifs is 1. The molecule has 2 aromatic heterocycles. The van der Waals surface area contributed by atoms with Crippen LogP contribution in [0.15, 0.2) is 6.07 Å². The summed E-state index contributed by atoms with van der Waals surface area (Å²) < 4.78 is 1.93. The van der Waals surface area contributed by atoms with E-state index in [-0.39, 0.29) is 0 Å². The Morgan fingerprint density at radius 3 is 2.64 bits per heavy atom. The van der Waals surface area contributed by atoms with Crippen LogP contribution >= 0.6 is 0 Å². The molecular formula is C11H15N3. The van der Waals surface area contributed by atoms with Crippen molar-refractivity contribution < 1.29 is 0 Å². The highest BCUT2D eigenvalue weighted by Crippen LogP contribution is 2.15. The fourth-order valence-corrected chi connectivity index (χ4v) is 1.81. The molecule has 0 N–H and O–H groups in total. The second-order valence-corrected chi connectivity index (χ2v) is 3.70. The highest BCUT2D eigenvalue weighted by molar-refractivity contribution is 5.50. The van der Waals surface area contributed by atoms with Crippen LogP contribution < -0.4 is 0 Å². The maximum Gasteiger partial charge on any atom is 0.158 e. The van der Waals surface area contributed by atoms with Gasteiger partial charge in [0, 0.05) is 17.0 Å². The van der Waals surface area contributed by atoms with E-state index in [0.29, 0.717) is 0 Å². The van der Waals surface area contributed by atoms with Gasteiger partial charge in [-0.15, -0.1) is 0 Å². The summed E-state index contributed by atoms with van der Waals surface area (Å²) in [6.07, 6.45) is 0.966. The van der Waals surface area contributed by atoms with Gasteiger partial charge in [-0.1, -0.05) is 6.92 Å². The summed E-state index contributed by atoms with van der Waals surface area (Å²) >= 11 is 0. The summed E-state index contributed by atoms with van der Waals surface area (Å²) in [4.78, 5) is 4.51. The highest BCUT2D eigenvalue weighted by Gasteiger charge is 2.09. The zero-order chi connectivity index (χ0) is 10.3. The van der Waals surface area contributed by atoms with Gasteiger partial charge >= 0.3 is 0 Å². The lowest BCUT2D eigenvalue weighted by Gasteiger charge is -1.99. The van der Waals surface area contributed by atoms with Crippen LogP contribution in [0.2, 0.25) is 0 Å². The van der Waals surface area contributed by atoms with Crippen LogP contribution in [0.25, 0.3) is 5.65 Å². The van der Waals surface area contributed by atoms with E-state index in [1.54, 1.807) is 0 Å². The Labute approximate surface area is 83.8 Å². The van der Waals surface area contributed by atoms with Crippen LogP contribution in [-0.4, -0.2) is 14.6 Å². The van der Waals surface area contributed by atoms with E-state index in [0.717, 1.165) is 29.1 Å². The molecule has 0 aliphatic carbocycles. The third kappa shape index (κ3) is 1.20. The minimum atomic E-state index is 0.966. The molecule has 0 aliphatic heterocycles. The second-order valence-electron chi connectivity index (χ2n) is 3.70. The third-order valence-electron chi connectivity index (χ3n) is 2.56. The molecule has 3 heteroatoms. The van der Waals surface area contributed by atoms with Crippen molar-refractivity contribution in [3.05, 3.63) is 28.7 Å². The third-order valence-corrected chi connectivity index (χ3v) is 2.56. The monoisotopic (exact) mass is 189 g/mol. The van der Waals surface area contributed by atoms with Crippen LogP contribution in [0, 0.1) is 20.8 Å². The summed E-state index contributed by atoms with van der Waals surface area (Å²) in [6.45, 7) is 8.29. The van der Waals surface area contributed by atoms with E-state index < -0.39 is 0 Å². The lowest BCUT2D eigenvalue weighted by molar-refractivity contribution is 0.849. The van der Waals surface area contributed by atoms with Crippen LogP contribution in [0.1, 0.15) is 29.6 Å². The first-order valence-corrected chi connectivity index (χ1v) is 4.96. The van der Waals surface area contributed by atoms with Gasteiger partial charge in [0.2, 0.25) is 0 Å². The fourth-order valence-electron chi connectivity index (χ4n) is 1.81. The number of nitrogens with zero attached hydrogens (tertiary/aromatic N) is 3. The van der Waals surface area contributed by atoms with Gasteiger partial charge in [0.1, 0.15) is 0 Å². The van der Waals surface area contributed by atoms with Gasteiger partial charge in [-0.05, 0) is 33.3 Å². The molecule has 0 aromatic carbocycles. The van der Waals surface area contributed by atoms with E-state index in [2.05, 4.69) is 36.9 Å². The highest BCUT2D eigenvalue weighted by atomic mass is 15.3. The zero-order valence-electron chi connectivity index (χ0n) is 9.13. The van der Waals surface area contributed by atoms with Gasteiger partial charge < -0.3 is 0 Å². The first kappa shape index (κ1) is 9.19. The van der Waals surface area contributed by atoms with Crippen molar-refractivity contribution in [3.8, 4) is 0 Å². The molecule has 2 rings (SSSR count). The van der Waals surface area contributed by atoms with Crippen molar-refractivity contribution >= 4 is 5.65 Å². The van der Waals surface area contributed by atoms with Gasteiger partial charge in [-0.3, -0.25) is 0 Å². The van der Waals surface area contributed by atoms with E-state index in [1.165, 1.54) is 5.56 Å². The average molecular weight is 189 g/mol. The summed E-state index contributed by atoms with van der Waals surface area (Å²) in [7, 11) is 0. The van der Waals surface area contributed by atoms with Crippen LogP contribution in [0.5, 0.6) is 0 Å². The number of hydrogen-bond donors (Lipinski definition) is 0. The van der Waals surface area contributed by atoms with Gasteiger partial charge in [0.05, 0.1) is 5.69 Å². The molecule has 0 aliphatic rings. The largest absolute Gasteiger partial charge is 0.234 e. The number of aromatic nitrogens is 3. The van der Waals surface area contributed by atoms with Crippen molar-refractivity contribution in [2.45, 2.75) is 34.1 Å². The van der Waals surface area contributed by atoms with Gasteiger partial charge in [-0.2, -0.15) is 5.10 Å². The molecule has 0 unspecified atom stereocenters. The lowest BCUT2D eigenvalue weighted by atomic mass is 10.2. The van der Waals surface area contributed by atoms with Gasteiger partial charge in [-0.25, -0.2) is 9.50 Å². The quantitative estimate of drug-likeness (QED) is 0.688. The zero-order valence-corrected chi connectivity index (χ0v) is 9.13. The average Bonchev–Trinajstić information content (AvgIpc) is 2.44. The smallest absolute Gasteiger partial charge is 0.158 e. The molecule has 0 atom stereocenters. The number of aryl methyl sites for hydroxylation is 4. The standard InChI is InChI=1S/C11H15N3/c1-5-10-9(4)11-12-7(2)6-8(3)14(11)13-10/h6H,5H2,1-4H3. The van der Waals surface area contributed by atoms with Gasteiger partial charge in [0.15, 0.2) is 5.65 Å². The molecule has 2 aromatic rings. The Kier molecular flexibility index (Phi) is 2.02. The minimum absolute atomic E-state index is 0.966. The van der Waals surface area contributed by atoms with Crippen molar-refractivity contribution in [2.24, 2.45) is 0 Å². The number of hydrogen-bond acceptors (Lipinski definition) is 2. The summed E-state index contributed by atoms with van der Waals surface area (Å²) in [5.74, 6) is 0. The van der Waals surface area contributed by atoms with Crippen molar-refractivity contribution in [1.82, 2.24) is 14.6 Å². The Balaban J connectivity index is 2.85. The van der Waals surface area contributed by atoms with E-state index in [9.17, 15) is 0 Å². The SMILES string of the molecule is CCc1nn2c(C)cc(C)nc2c1C. The Morgan fingerprint density at radius 2 is 2.00 bits per heavy atom. The fraction of sp³-hybridized carbons (Fsp3) is 0.455. The predicted octanol–water partition coefficient (Wildman–Crippen LogP) is 2.22. The molecule has 74 valence electrons. The number of rotatable bonds is 1. The van der Waals surface area contributed by atoms with Crippen molar-refractivity contribution in [1.29, 1.82) is 0 Å². The summed E-state index contributed by atoms with van der Waals surface area (Å²) in [5.41, 5.74) is 5.56.